The summed E-state index contributed by atoms with van der Waals surface area (Å²) in [6.45, 7) is 0. The van der Waals surface area contributed by atoms with Gasteiger partial charge in [0.1, 0.15) is 5.82 Å². The van der Waals surface area contributed by atoms with Gasteiger partial charge >= 0.3 is 5.97 Å². The number of aromatic carboxylic acids is 1. The summed E-state index contributed by atoms with van der Waals surface area (Å²) in [5, 5.41) is 9.07. The number of benzene rings is 2. The van der Waals surface area contributed by atoms with Gasteiger partial charge in [0.25, 0.3) is 0 Å². The second-order valence-electron chi connectivity index (χ2n) is 5.05. The van der Waals surface area contributed by atoms with Crippen molar-refractivity contribution in [1.82, 2.24) is 0 Å². The Kier molecular flexibility index (Phi) is 3.48. The van der Waals surface area contributed by atoms with Crippen LogP contribution in [0.5, 0.6) is 0 Å². The first kappa shape index (κ1) is 14.4. The Morgan fingerprint density at radius 1 is 1.05 bits per heavy atom. The van der Waals surface area contributed by atoms with Crippen molar-refractivity contribution >= 4 is 11.5 Å². The van der Waals surface area contributed by atoms with Gasteiger partial charge in [0.15, 0.2) is 11.6 Å². The normalized spacial score (nSPS) is 13.5. The number of allylic oxidation sites excluding steroid dienone is 1. The first-order valence-electron chi connectivity index (χ1n) is 6.69. The van der Waals surface area contributed by atoms with Crippen molar-refractivity contribution < 1.29 is 23.1 Å². The highest BCUT2D eigenvalue weighted by Gasteiger charge is 2.23. The average molecular weight is 304 g/mol. The maximum atomic E-state index is 14.0. The van der Waals surface area contributed by atoms with Crippen LogP contribution in [-0.4, -0.2) is 11.1 Å². The van der Waals surface area contributed by atoms with Crippen molar-refractivity contribution in [3.8, 4) is 0 Å². The quantitative estimate of drug-likeness (QED) is 0.845. The second-order valence-corrected chi connectivity index (χ2v) is 5.05. The van der Waals surface area contributed by atoms with Crippen LogP contribution in [0.2, 0.25) is 0 Å². The fourth-order valence-electron chi connectivity index (χ4n) is 2.67. The molecule has 0 radical (unpaired) electrons. The number of carboxylic acid groups (broad SMARTS) is 1. The van der Waals surface area contributed by atoms with E-state index in [1.54, 1.807) is 12.1 Å². The summed E-state index contributed by atoms with van der Waals surface area (Å²) in [4.78, 5) is 11.1. The molecule has 1 aliphatic rings. The Balaban J connectivity index is 2.23. The first-order chi connectivity index (χ1) is 10.5. The molecule has 0 atom stereocenters. The van der Waals surface area contributed by atoms with E-state index >= 15 is 0 Å². The van der Waals surface area contributed by atoms with Crippen LogP contribution >= 0.6 is 0 Å². The largest absolute Gasteiger partial charge is 0.478 e. The molecule has 112 valence electrons. The molecule has 0 heterocycles. The zero-order chi connectivity index (χ0) is 15.9. The minimum atomic E-state index is -1.26. The molecule has 2 aromatic carbocycles. The lowest BCUT2D eigenvalue weighted by atomic mass is 9.85. The molecule has 0 spiro atoms. The molecular weight excluding hydrogens is 293 g/mol. The molecule has 0 aromatic heterocycles. The number of carboxylic acids is 1. The number of fused-ring (bicyclic) bond motifs is 1. The predicted molar refractivity (Wildman–Crippen MR) is 75.1 cm³/mol. The average Bonchev–Trinajstić information content (AvgIpc) is 2.51. The zero-order valence-electron chi connectivity index (χ0n) is 11.4. The smallest absolute Gasteiger partial charge is 0.335 e. The van der Waals surface area contributed by atoms with Crippen molar-refractivity contribution in [2.45, 2.75) is 12.8 Å². The van der Waals surface area contributed by atoms with Crippen molar-refractivity contribution in [1.29, 1.82) is 0 Å². The van der Waals surface area contributed by atoms with Gasteiger partial charge in [0.2, 0.25) is 0 Å². The van der Waals surface area contributed by atoms with Gasteiger partial charge in [-0.25, -0.2) is 18.0 Å². The molecule has 1 N–H and O–H groups in total. The van der Waals surface area contributed by atoms with E-state index in [2.05, 4.69) is 0 Å². The van der Waals surface area contributed by atoms with Crippen molar-refractivity contribution in [2.75, 3.05) is 0 Å². The van der Waals surface area contributed by atoms with Crippen molar-refractivity contribution in [3.63, 3.8) is 0 Å². The Morgan fingerprint density at radius 3 is 2.50 bits per heavy atom. The van der Waals surface area contributed by atoms with Gasteiger partial charge in [-0.05, 0) is 53.8 Å². The maximum Gasteiger partial charge on any atom is 0.335 e. The van der Waals surface area contributed by atoms with Gasteiger partial charge < -0.3 is 5.11 Å². The van der Waals surface area contributed by atoms with E-state index < -0.39 is 29.0 Å². The minimum absolute atomic E-state index is 0.0174. The molecule has 2 nitrogen and oxygen atoms in total. The standard InChI is InChI=1S/C17H11F3O2/c18-13-6-7-14(19)16(20)15(13)11-3-1-2-9-4-5-10(17(21)22)8-12(9)11/h3-8H,1-2H2,(H,21,22). The van der Waals surface area contributed by atoms with Crippen molar-refractivity contribution in [3.05, 3.63) is 76.1 Å². The third kappa shape index (κ3) is 2.28. The molecule has 0 bridgehead atoms. The first-order valence-corrected chi connectivity index (χ1v) is 6.69. The number of halogens is 3. The number of hydrogen-bond acceptors (Lipinski definition) is 1. The zero-order valence-corrected chi connectivity index (χ0v) is 11.4. The third-order valence-electron chi connectivity index (χ3n) is 3.72. The molecule has 5 heteroatoms. The predicted octanol–water partition coefficient (Wildman–Crippen LogP) is 4.18. The summed E-state index contributed by atoms with van der Waals surface area (Å²) >= 11 is 0. The number of carbonyl (C=O) groups is 1. The second kappa shape index (κ2) is 5.33. The van der Waals surface area contributed by atoms with Crippen LogP contribution in [0.15, 0.2) is 36.4 Å². The molecule has 0 aliphatic heterocycles. The summed E-state index contributed by atoms with van der Waals surface area (Å²) in [5.74, 6) is -4.41. The Labute approximate surface area is 124 Å². The van der Waals surface area contributed by atoms with Crippen LogP contribution in [-0.2, 0) is 6.42 Å². The molecule has 0 saturated carbocycles. The molecule has 0 fully saturated rings. The van der Waals surface area contributed by atoms with Gasteiger partial charge in [-0.3, -0.25) is 0 Å². The Morgan fingerprint density at radius 2 is 1.77 bits per heavy atom. The third-order valence-corrected chi connectivity index (χ3v) is 3.72. The Hall–Kier alpha value is -2.56. The number of aryl methyl sites for hydroxylation is 1. The molecule has 0 amide bonds. The van der Waals surface area contributed by atoms with E-state index in [9.17, 15) is 18.0 Å². The van der Waals surface area contributed by atoms with Crippen LogP contribution in [0.25, 0.3) is 5.57 Å². The molecule has 22 heavy (non-hydrogen) atoms. The summed E-state index contributed by atoms with van der Waals surface area (Å²) in [6, 6.07) is 6.03. The van der Waals surface area contributed by atoms with E-state index in [0.29, 0.717) is 18.4 Å². The van der Waals surface area contributed by atoms with Crippen LogP contribution in [0.3, 0.4) is 0 Å². The maximum absolute atomic E-state index is 14.0. The molecular formula is C17H11F3O2. The summed E-state index contributed by atoms with van der Waals surface area (Å²) in [7, 11) is 0. The van der Waals surface area contributed by atoms with Gasteiger partial charge in [-0.2, -0.15) is 0 Å². The van der Waals surface area contributed by atoms with E-state index in [0.717, 1.165) is 17.7 Å². The van der Waals surface area contributed by atoms with Crippen molar-refractivity contribution in [2.24, 2.45) is 0 Å². The fraction of sp³-hybridized carbons (Fsp3) is 0.118. The molecule has 2 aromatic rings. The van der Waals surface area contributed by atoms with E-state index in [-0.39, 0.29) is 11.1 Å². The van der Waals surface area contributed by atoms with Gasteiger partial charge in [0.05, 0.1) is 11.1 Å². The molecule has 0 unspecified atom stereocenters. The van der Waals surface area contributed by atoms with Gasteiger partial charge in [-0.1, -0.05) is 12.1 Å². The highest BCUT2D eigenvalue weighted by Crippen LogP contribution is 2.35. The van der Waals surface area contributed by atoms with Crippen LogP contribution in [0.4, 0.5) is 13.2 Å². The summed E-state index contributed by atoms with van der Waals surface area (Å²) in [5.41, 5.74) is 0.964. The van der Waals surface area contributed by atoms with E-state index in [4.69, 9.17) is 5.11 Å². The van der Waals surface area contributed by atoms with E-state index in [1.165, 1.54) is 12.1 Å². The monoisotopic (exact) mass is 304 g/mol. The molecule has 1 aliphatic carbocycles. The topological polar surface area (TPSA) is 37.3 Å². The van der Waals surface area contributed by atoms with E-state index in [1.807, 2.05) is 0 Å². The van der Waals surface area contributed by atoms with Gasteiger partial charge in [0, 0.05) is 0 Å². The molecule has 3 rings (SSSR count). The lowest BCUT2D eigenvalue weighted by molar-refractivity contribution is 0.0697. The van der Waals surface area contributed by atoms with Gasteiger partial charge in [-0.15, -0.1) is 0 Å². The Bertz CT molecular complexity index is 810. The highest BCUT2D eigenvalue weighted by molar-refractivity contribution is 5.91. The van der Waals surface area contributed by atoms with Crippen LogP contribution < -0.4 is 0 Å². The molecule has 0 saturated heterocycles. The van der Waals surface area contributed by atoms with Crippen LogP contribution in [0, 0.1) is 17.5 Å². The minimum Gasteiger partial charge on any atom is -0.478 e. The summed E-state index contributed by atoms with van der Waals surface area (Å²) < 4.78 is 41.5. The summed E-state index contributed by atoms with van der Waals surface area (Å²) in [6.07, 6.45) is 2.79. The SMILES string of the molecule is O=C(O)c1ccc2c(c1)C(c1c(F)ccc(F)c1F)=CCC2. The lowest BCUT2D eigenvalue weighted by Crippen LogP contribution is -2.08. The highest BCUT2D eigenvalue weighted by atomic mass is 19.2. The lowest BCUT2D eigenvalue weighted by Gasteiger charge is -2.19. The fourth-order valence-corrected chi connectivity index (χ4v) is 2.67. The number of hydrogen-bond donors (Lipinski definition) is 1. The van der Waals surface area contributed by atoms with Crippen LogP contribution in [0.1, 0.15) is 33.5 Å². The number of rotatable bonds is 2.